The van der Waals surface area contributed by atoms with Crippen molar-refractivity contribution in [1.82, 2.24) is 9.80 Å². The molecule has 3 nitrogen and oxygen atoms in total. The van der Waals surface area contributed by atoms with Crippen molar-refractivity contribution in [3.05, 3.63) is 0 Å². The minimum Gasteiger partial charge on any atom is -0.330 e. The summed E-state index contributed by atoms with van der Waals surface area (Å²) in [5.74, 6) is 0.576. The highest BCUT2D eigenvalue weighted by atomic mass is 15.2. The first-order valence-corrected chi connectivity index (χ1v) is 5.04. The Morgan fingerprint density at radius 2 is 1.62 bits per heavy atom. The van der Waals surface area contributed by atoms with E-state index in [1.165, 1.54) is 0 Å². The van der Waals surface area contributed by atoms with Crippen LogP contribution in [-0.2, 0) is 0 Å². The Kier molecular flexibility index (Phi) is 6.29. The molecule has 0 aliphatic heterocycles. The molecule has 2 atom stereocenters. The highest BCUT2D eigenvalue weighted by Gasteiger charge is 2.14. The molecule has 2 N–H and O–H groups in total. The maximum absolute atomic E-state index is 5.63. The van der Waals surface area contributed by atoms with Crippen LogP contribution in [0.2, 0.25) is 0 Å². The molecule has 0 rings (SSSR count). The number of likely N-dealkylation sites (N-methyl/N-ethyl adjacent to an activating group) is 2. The monoisotopic (exact) mass is 187 g/mol. The van der Waals surface area contributed by atoms with E-state index in [4.69, 9.17) is 5.73 Å². The average Bonchev–Trinajstić information content (AvgIpc) is 2.11. The lowest BCUT2D eigenvalue weighted by atomic mass is 10.0. The van der Waals surface area contributed by atoms with Gasteiger partial charge in [0.15, 0.2) is 0 Å². The topological polar surface area (TPSA) is 32.5 Å². The number of rotatable bonds is 6. The summed E-state index contributed by atoms with van der Waals surface area (Å²) in [7, 11) is 6.37. The van der Waals surface area contributed by atoms with Crippen LogP contribution in [0.3, 0.4) is 0 Å². The van der Waals surface area contributed by atoms with Gasteiger partial charge in [0.05, 0.1) is 0 Å². The third kappa shape index (κ3) is 5.24. The lowest BCUT2D eigenvalue weighted by Crippen LogP contribution is -2.40. The van der Waals surface area contributed by atoms with Gasteiger partial charge in [0.25, 0.3) is 0 Å². The Bertz CT molecular complexity index is 125. The summed E-state index contributed by atoms with van der Waals surface area (Å²) in [6, 6.07) is 0.574. The lowest BCUT2D eigenvalue weighted by Gasteiger charge is -2.30. The van der Waals surface area contributed by atoms with Gasteiger partial charge in [-0.1, -0.05) is 6.92 Å². The number of nitrogens with two attached hydrogens (primary N) is 1. The molecule has 0 aromatic carbocycles. The van der Waals surface area contributed by atoms with Gasteiger partial charge in [-0.05, 0) is 40.5 Å². The molecule has 0 radical (unpaired) electrons. The van der Waals surface area contributed by atoms with Crippen molar-refractivity contribution in [3.63, 3.8) is 0 Å². The number of hydrogen-bond donors (Lipinski definition) is 1. The van der Waals surface area contributed by atoms with Gasteiger partial charge >= 0.3 is 0 Å². The van der Waals surface area contributed by atoms with Crippen LogP contribution in [0.4, 0.5) is 0 Å². The van der Waals surface area contributed by atoms with E-state index in [2.05, 4.69) is 44.8 Å². The molecule has 0 spiro atoms. The first-order chi connectivity index (χ1) is 5.99. The zero-order valence-electron chi connectivity index (χ0n) is 9.75. The summed E-state index contributed by atoms with van der Waals surface area (Å²) in [4.78, 5) is 4.58. The first-order valence-electron chi connectivity index (χ1n) is 5.04. The van der Waals surface area contributed by atoms with E-state index in [-0.39, 0.29) is 0 Å². The van der Waals surface area contributed by atoms with Crippen molar-refractivity contribution in [2.24, 2.45) is 11.7 Å². The smallest absolute Gasteiger partial charge is 0.0109 e. The van der Waals surface area contributed by atoms with Gasteiger partial charge in [0.1, 0.15) is 0 Å². The minimum absolute atomic E-state index is 0.574. The molecule has 0 aromatic rings. The summed E-state index contributed by atoms with van der Waals surface area (Å²) >= 11 is 0. The van der Waals surface area contributed by atoms with E-state index in [0.717, 1.165) is 19.6 Å². The standard InChI is InChI=1S/C10H25N3/c1-9(8-11)10(2)13(5)7-6-12(3)4/h9-10H,6-8,11H2,1-5H3. The van der Waals surface area contributed by atoms with Gasteiger partial charge in [0.2, 0.25) is 0 Å². The molecular weight excluding hydrogens is 162 g/mol. The number of hydrogen-bond acceptors (Lipinski definition) is 3. The molecule has 80 valence electrons. The summed E-state index contributed by atoms with van der Waals surface area (Å²) in [5.41, 5.74) is 5.63. The molecule has 0 bridgehead atoms. The third-order valence-corrected chi connectivity index (χ3v) is 2.79. The normalized spacial score (nSPS) is 16.6. The maximum Gasteiger partial charge on any atom is 0.0109 e. The number of nitrogens with zero attached hydrogens (tertiary/aromatic N) is 2. The van der Waals surface area contributed by atoms with Crippen LogP contribution in [0, 0.1) is 5.92 Å². The second-order valence-corrected chi connectivity index (χ2v) is 4.24. The molecule has 0 amide bonds. The molecule has 0 saturated carbocycles. The van der Waals surface area contributed by atoms with Gasteiger partial charge in [-0.3, -0.25) is 0 Å². The summed E-state index contributed by atoms with van der Waals surface area (Å²) < 4.78 is 0. The van der Waals surface area contributed by atoms with Crippen LogP contribution in [0.5, 0.6) is 0 Å². The molecule has 0 heterocycles. The summed E-state index contributed by atoms with van der Waals surface area (Å²) in [5, 5.41) is 0. The fourth-order valence-electron chi connectivity index (χ4n) is 1.19. The van der Waals surface area contributed by atoms with Crippen molar-refractivity contribution < 1.29 is 0 Å². The fraction of sp³-hybridized carbons (Fsp3) is 1.00. The molecular formula is C10H25N3. The Balaban J connectivity index is 3.74. The summed E-state index contributed by atoms with van der Waals surface area (Å²) in [6.45, 7) is 7.44. The zero-order valence-corrected chi connectivity index (χ0v) is 9.75. The first kappa shape index (κ1) is 12.9. The second-order valence-electron chi connectivity index (χ2n) is 4.24. The van der Waals surface area contributed by atoms with Crippen LogP contribution in [0.25, 0.3) is 0 Å². The third-order valence-electron chi connectivity index (χ3n) is 2.79. The Morgan fingerprint density at radius 3 is 2.00 bits per heavy atom. The Labute approximate surface area is 82.9 Å². The molecule has 0 aliphatic rings. The minimum atomic E-state index is 0.574. The predicted molar refractivity (Wildman–Crippen MR) is 58.9 cm³/mol. The van der Waals surface area contributed by atoms with Crippen LogP contribution >= 0.6 is 0 Å². The van der Waals surface area contributed by atoms with Crippen LogP contribution in [0.15, 0.2) is 0 Å². The van der Waals surface area contributed by atoms with Crippen molar-refractivity contribution in [3.8, 4) is 0 Å². The quantitative estimate of drug-likeness (QED) is 0.656. The van der Waals surface area contributed by atoms with Crippen molar-refractivity contribution in [2.45, 2.75) is 19.9 Å². The van der Waals surface area contributed by atoms with E-state index in [0.29, 0.717) is 12.0 Å². The van der Waals surface area contributed by atoms with Crippen LogP contribution < -0.4 is 5.73 Å². The highest BCUT2D eigenvalue weighted by Crippen LogP contribution is 2.06. The van der Waals surface area contributed by atoms with Crippen molar-refractivity contribution in [2.75, 3.05) is 40.8 Å². The van der Waals surface area contributed by atoms with Gasteiger partial charge in [-0.25, -0.2) is 0 Å². The zero-order chi connectivity index (χ0) is 10.4. The Morgan fingerprint density at radius 1 is 1.08 bits per heavy atom. The van der Waals surface area contributed by atoms with E-state index in [9.17, 15) is 0 Å². The van der Waals surface area contributed by atoms with E-state index < -0.39 is 0 Å². The second kappa shape index (κ2) is 6.35. The fourth-order valence-corrected chi connectivity index (χ4v) is 1.19. The van der Waals surface area contributed by atoms with E-state index in [1.807, 2.05) is 0 Å². The molecule has 0 saturated heterocycles. The molecule has 2 unspecified atom stereocenters. The molecule has 0 aliphatic carbocycles. The van der Waals surface area contributed by atoms with E-state index in [1.54, 1.807) is 0 Å². The molecule has 0 fully saturated rings. The predicted octanol–water partition coefficient (Wildman–Crippen LogP) is 0.463. The average molecular weight is 187 g/mol. The van der Waals surface area contributed by atoms with Gasteiger partial charge < -0.3 is 15.5 Å². The van der Waals surface area contributed by atoms with Gasteiger partial charge in [0, 0.05) is 19.1 Å². The van der Waals surface area contributed by atoms with Crippen LogP contribution in [0.1, 0.15) is 13.8 Å². The molecule has 0 aromatic heterocycles. The SMILES string of the molecule is CC(CN)C(C)N(C)CCN(C)C. The lowest BCUT2D eigenvalue weighted by molar-refractivity contribution is 0.185. The van der Waals surface area contributed by atoms with Crippen LogP contribution in [-0.4, -0.2) is 56.6 Å². The Hall–Kier alpha value is -0.120. The summed E-state index contributed by atoms with van der Waals surface area (Å²) in [6.07, 6.45) is 0. The molecule has 13 heavy (non-hydrogen) atoms. The van der Waals surface area contributed by atoms with Crippen molar-refractivity contribution in [1.29, 1.82) is 0 Å². The largest absolute Gasteiger partial charge is 0.330 e. The van der Waals surface area contributed by atoms with Gasteiger partial charge in [-0.2, -0.15) is 0 Å². The highest BCUT2D eigenvalue weighted by molar-refractivity contribution is 4.71. The molecule has 3 heteroatoms. The maximum atomic E-state index is 5.63. The van der Waals surface area contributed by atoms with Crippen molar-refractivity contribution >= 4 is 0 Å². The van der Waals surface area contributed by atoms with E-state index >= 15 is 0 Å². The van der Waals surface area contributed by atoms with Gasteiger partial charge in [-0.15, -0.1) is 0 Å².